The van der Waals surface area contributed by atoms with E-state index in [4.69, 9.17) is 11.6 Å². The SMILES string of the molecule is C=CN=C(c1ccc(Cl)cc1)C(C)C(C)=O. The van der Waals surface area contributed by atoms with Crippen molar-refractivity contribution in [2.75, 3.05) is 0 Å². The van der Waals surface area contributed by atoms with E-state index in [0.717, 1.165) is 11.3 Å². The summed E-state index contributed by atoms with van der Waals surface area (Å²) in [6, 6.07) is 7.26. The second-order valence-corrected chi connectivity index (χ2v) is 3.97. The van der Waals surface area contributed by atoms with Crippen LogP contribution in [0.1, 0.15) is 19.4 Å². The molecule has 0 N–H and O–H groups in total. The highest BCUT2D eigenvalue weighted by Gasteiger charge is 2.16. The Morgan fingerprint density at radius 3 is 2.44 bits per heavy atom. The molecule has 0 radical (unpaired) electrons. The summed E-state index contributed by atoms with van der Waals surface area (Å²) in [7, 11) is 0. The average Bonchev–Trinajstić information content (AvgIpc) is 2.26. The number of ketones is 1. The molecule has 84 valence electrons. The first kappa shape index (κ1) is 12.7. The minimum Gasteiger partial charge on any atom is -0.299 e. The minimum atomic E-state index is -0.237. The molecule has 0 spiro atoms. The number of halogens is 1. The highest BCUT2D eigenvalue weighted by molar-refractivity contribution is 6.30. The second-order valence-electron chi connectivity index (χ2n) is 3.54. The van der Waals surface area contributed by atoms with Crippen LogP contribution in [0, 0.1) is 5.92 Å². The van der Waals surface area contributed by atoms with E-state index in [1.165, 1.54) is 6.20 Å². The molecule has 0 bridgehead atoms. The van der Waals surface area contributed by atoms with Crippen LogP contribution in [-0.4, -0.2) is 11.5 Å². The third-order valence-electron chi connectivity index (χ3n) is 2.39. The topological polar surface area (TPSA) is 29.4 Å². The maximum absolute atomic E-state index is 11.4. The number of carbonyl (C=O) groups is 1. The summed E-state index contributed by atoms with van der Waals surface area (Å²) in [5.74, 6) is -0.158. The monoisotopic (exact) mass is 235 g/mol. The molecule has 0 fully saturated rings. The molecule has 0 aliphatic carbocycles. The Balaban J connectivity index is 3.13. The van der Waals surface area contributed by atoms with Gasteiger partial charge in [-0.2, -0.15) is 0 Å². The quantitative estimate of drug-likeness (QED) is 0.735. The average molecular weight is 236 g/mol. The van der Waals surface area contributed by atoms with Crippen LogP contribution in [0.5, 0.6) is 0 Å². The number of aliphatic imine (C=N–C) groups is 1. The molecule has 3 heteroatoms. The number of hydrogen-bond acceptors (Lipinski definition) is 2. The van der Waals surface area contributed by atoms with Gasteiger partial charge < -0.3 is 0 Å². The lowest BCUT2D eigenvalue weighted by Crippen LogP contribution is -2.19. The predicted molar refractivity (Wildman–Crippen MR) is 68.0 cm³/mol. The zero-order valence-corrected chi connectivity index (χ0v) is 10.2. The number of nitrogens with zero attached hydrogens (tertiary/aromatic N) is 1. The van der Waals surface area contributed by atoms with Gasteiger partial charge in [0, 0.05) is 11.2 Å². The van der Waals surface area contributed by atoms with Crippen molar-refractivity contribution >= 4 is 23.1 Å². The molecule has 16 heavy (non-hydrogen) atoms. The lowest BCUT2D eigenvalue weighted by molar-refractivity contribution is -0.118. The van der Waals surface area contributed by atoms with Crippen molar-refractivity contribution in [1.82, 2.24) is 0 Å². The first-order chi connectivity index (χ1) is 7.56. The van der Waals surface area contributed by atoms with E-state index >= 15 is 0 Å². The molecule has 0 aromatic heterocycles. The standard InChI is InChI=1S/C13H14ClNO/c1-4-15-13(9(2)10(3)16)11-5-7-12(14)8-6-11/h4-9H,1H2,2-3H3. The van der Waals surface area contributed by atoms with E-state index < -0.39 is 0 Å². The van der Waals surface area contributed by atoms with Crippen molar-refractivity contribution < 1.29 is 4.79 Å². The van der Waals surface area contributed by atoms with Gasteiger partial charge in [0.1, 0.15) is 5.78 Å². The van der Waals surface area contributed by atoms with Crippen LogP contribution in [0.2, 0.25) is 5.02 Å². The summed E-state index contributed by atoms with van der Waals surface area (Å²) in [5.41, 5.74) is 1.62. The number of rotatable bonds is 4. The molecule has 1 aromatic carbocycles. The summed E-state index contributed by atoms with van der Waals surface area (Å²) in [4.78, 5) is 15.5. The molecule has 1 aromatic rings. The molecule has 1 atom stereocenters. The first-order valence-corrected chi connectivity index (χ1v) is 5.39. The van der Waals surface area contributed by atoms with Gasteiger partial charge in [0.2, 0.25) is 0 Å². The molecule has 0 heterocycles. The normalized spacial score (nSPS) is 13.3. The van der Waals surface area contributed by atoms with Crippen LogP contribution in [0.3, 0.4) is 0 Å². The molecule has 0 amide bonds. The summed E-state index contributed by atoms with van der Waals surface area (Å²) < 4.78 is 0. The fourth-order valence-electron chi connectivity index (χ4n) is 1.35. The maximum atomic E-state index is 11.4. The molecule has 1 rings (SSSR count). The van der Waals surface area contributed by atoms with Crippen LogP contribution in [0.15, 0.2) is 42.0 Å². The van der Waals surface area contributed by atoms with Crippen molar-refractivity contribution in [2.45, 2.75) is 13.8 Å². The molecular formula is C13H14ClNO. The molecule has 2 nitrogen and oxygen atoms in total. The Morgan fingerprint density at radius 2 is 2.00 bits per heavy atom. The smallest absolute Gasteiger partial charge is 0.138 e. The van der Waals surface area contributed by atoms with Crippen LogP contribution >= 0.6 is 11.6 Å². The van der Waals surface area contributed by atoms with Gasteiger partial charge in [-0.15, -0.1) is 0 Å². The van der Waals surface area contributed by atoms with Gasteiger partial charge in [0.15, 0.2) is 0 Å². The summed E-state index contributed by atoms with van der Waals surface area (Å²) in [5, 5.41) is 0.664. The van der Waals surface area contributed by atoms with Gasteiger partial charge >= 0.3 is 0 Å². The maximum Gasteiger partial charge on any atom is 0.138 e. The van der Waals surface area contributed by atoms with E-state index in [2.05, 4.69) is 11.6 Å². The van der Waals surface area contributed by atoms with E-state index in [9.17, 15) is 4.79 Å². The lowest BCUT2D eigenvalue weighted by Gasteiger charge is -2.11. The zero-order chi connectivity index (χ0) is 12.1. The number of benzene rings is 1. The largest absolute Gasteiger partial charge is 0.299 e. The van der Waals surface area contributed by atoms with Gasteiger partial charge in [-0.25, -0.2) is 0 Å². The third-order valence-corrected chi connectivity index (χ3v) is 2.64. The molecule has 1 unspecified atom stereocenters. The Hall–Kier alpha value is -1.41. The zero-order valence-electron chi connectivity index (χ0n) is 9.40. The number of carbonyl (C=O) groups excluding carboxylic acids is 1. The van der Waals surface area contributed by atoms with Gasteiger partial charge in [-0.3, -0.25) is 9.79 Å². The highest BCUT2D eigenvalue weighted by Crippen LogP contribution is 2.15. The summed E-state index contributed by atoms with van der Waals surface area (Å²) in [6.45, 7) is 6.95. The van der Waals surface area contributed by atoms with Crippen molar-refractivity contribution in [3.05, 3.63) is 47.6 Å². The molecule has 0 aliphatic heterocycles. The van der Waals surface area contributed by atoms with Gasteiger partial charge in [-0.1, -0.05) is 30.3 Å². The summed E-state index contributed by atoms with van der Waals surface area (Å²) in [6.07, 6.45) is 1.45. The highest BCUT2D eigenvalue weighted by atomic mass is 35.5. The van der Waals surface area contributed by atoms with Crippen LogP contribution in [0.25, 0.3) is 0 Å². The summed E-state index contributed by atoms with van der Waals surface area (Å²) >= 11 is 5.81. The number of Topliss-reactive ketones (excluding diaryl/α,β-unsaturated/α-hetero) is 1. The van der Waals surface area contributed by atoms with Crippen molar-refractivity contribution in [1.29, 1.82) is 0 Å². The van der Waals surface area contributed by atoms with Gasteiger partial charge in [0.05, 0.1) is 11.6 Å². The van der Waals surface area contributed by atoms with Crippen LogP contribution < -0.4 is 0 Å². The van der Waals surface area contributed by atoms with E-state index in [1.807, 2.05) is 19.1 Å². The van der Waals surface area contributed by atoms with E-state index in [0.29, 0.717) is 5.02 Å². The Bertz CT molecular complexity index is 420. The van der Waals surface area contributed by atoms with E-state index in [-0.39, 0.29) is 11.7 Å². The van der Waals surface area contributed by atoms with Crippen LogP contribution in [-0.2, 0) is 4.79 Å². The minimum absolute atomic E-state index is 0.0792. The Morgan fingerprint density at radius 1 is 1.44 bits per heavy atom. The molecule has 0 saturated heterocycles. The van der Waals surface area contributed by atoms with Crippen molar-refractivity contribution in [3.63, 3.8) is 0 Å². The Kier molecular flexibility index (Phi) is 4.44. The first-order valence-electron chi connectivity index (χ1n) is 5.01. The fourth-order valence-corrected chi connectivity index (χ4v) is 1.47. The van der Waals surface area contributed by atoms with Gasteiger partial charge in [0.25, 0.3) is 0 Å². The van der Waals surface area contributed by atoms with E-state index in [1.54, 1.807) is 19.1 Å². The second kappa shape index (κ2) is 5.61. The molecular weight excluding hydrogens is 222 g/mol. The van der Waals surface area contributed by atoms with Crippen molar-refractivity contribution in [3.8, 4) is 0 Å². The van der Waals surface area contributed by atoms with Gasteiger partial charge in [-0.05, 0) is 31.5 Å². The fraction of sp³-hybridized carbons (Fsp3) is 0.231. The predicted octanol–water partition coefficient (Wildman–Crippen LogP) is 3.50. The molecule has 0 aliphatic rings. The third kappa shape index (κ3) is 3.04. The van der Waals surface area contributed by atoms with Crippen LogP contribution in [0.4, 0.5) is 0 Å². The lowest BCUT2D eigenvalue weighted by atomic mass is 9.95. The Labute approximate surface area is 101 Å². The van der Waals surface area contributed by atoms with Crippen molar-refractivity contribution in [2.24, 2.45) is 10.9 Å². The number of hydrogen-bond donors (Lipinski definition) is 0. The molecule has 0 saturated carbocycles.